The minimum Gasteiger partial charge on any atom is -0.465 e. The molecule has 0 aliphatic heterocycles. The summed E-state index contributed by atoms with van der Waals surface area (Å²) in [6.45, 7) is 3.88. The molecule has 0 radical (unpaired) electrons. The third kappa shape index (κ3) is 2.60. The number of nitrogens with zero attached hydrogens (tertiary/aromatic N) is 1. The number of carbonyl (C=O) groups is 1. The highest BCUT2D eigenvalue weighted by atomic mass is 16.5. The maximum absolute atomic E-state index is 12.3. The zero-order chi connectivity index (χ0) is 15.7. The minimum atomic E-state index is -0.406. The van der Waals surface area contributed by atoms with Gasteiger partial charge in [-0.2, -0.15) is 0 Å². The molecule has 3 rings (SSSR count). The van der Waals surface area contributed by atoms with Gasteiger partial charge in [-0.05, 0) is 38.1 Å². The van der Waals surface area contributed by atoms with Crippen LogP contribution in [0, 0.1) is 13.8 Å². The Morgan fingerprint density at radius 3 is 2.55 bits per heavy atom. The van der Waals surface area contributed by atoms with Crippen LogP contribution in [-0.2, 0) is 6.54 Å². The Hall–Kier alpha value is -2.96. The zero-order valence-corrected chi connectivity index (χ0v) is 12.2. The van der Waals surface area contributed by atoms with Crippen LogP contribution in [0.5, 0.6) is 0 Å². The van der Waals surface area contributed by atoms with Gasteiger partial charge in [0.05, 0.1) is 6.54 Å². The number of nitrogens with one attached hydrogen (secondary N) is 1. The van der Waals surface area contributed by atoms with Gasteiger partial charge in [0.25, 0.3) is 5.91 Å². The normalized spacial score (nSPS) is 10.8. The molecule has 7 heteroatoms. The van der Waals surface area contributed by atoms with Gasteiger partial charge in [-0.1, -0.05) is 5.16 Å². The van der Waals surface area contributed by atoms with Crippen molar-refractivity contribution in [2.24, 2.45) is 0 Å². The smallest absolute Gasteiger partial charge is 0.259 e. The Kier molecular flexibility index (Phi) is 3.46. The van der Waals surface area contributed by atoms with Crippen molar-refractivity contribution in [2.45, 2.75) is 20.4 Å². The number of nitrogen functional groups attached to an aromatic ring is 1. The molecule has 114 valence electrons. The van der Waals surface area contributed by atoms with Gasteiger partial charge < -0.3 is 24.4 Å². The first-order chi connectivity index (χ1) is 10.5. The lowest BCUT2D eigenvalue weighted by Gasteiger charge is -2.03. The average Bonchev–Trinajstić information content (AvgIpc) is 3.17. The van der Waals surface area contributed by atoms with Crippen molar-refractivity contribution in [3.05, 3.63) is 47.1 Å². The van der Waals surface area contributed by atoms with E-state index in [2.05, 4.69) is 10.5 Å². The SMILES string of the molecule is Cc1ccc(CNC(=O)c2c(-c3ccc(C)o3)noc2N)o1. The molecular formula is C15H15N3O4. The van der Waals surface area contributed by atoms with Gasteiger partial charge in [0.1, 0.15) is 22.8 Å². The van der Waals surface area contributed by atoms with E-state index in [9.17, 15) is 4.79 Å². The number of hydrogen-bond donors (Lipinski definition) is 2. The van der Waals surface area contributed by atoms with Crippen LogP contribution in [0.4, 0.5) is 5.88 Å². The molecular weight excluding hydrogens is 286 g/mol. The molecule has 0 saturated heterocycles. The predicted molar refractivity (Wildman–Crippen MR) is 78.0 cm³/mol. The molecule has 22 heavy (non-hydrogen) atoms. The van der Waals surface area contributed by atoms with E-state index < -0.39 is 5.91 Å². The first kappa shape index (κ1) is 14.0. The van der Waals surface area contributed by atoms with Crippen LogP contribution in [0.2, 0.25) is 0 Å². The van der Waals surface area contributed by atoms with E-state index in [4.69, 9.17) is 19.1 Å². The Bertz CT molecular complexity index is 812. The van der Waals surface area contributed by atoms with Gasteiger partial charge in [-0.3, -0.25) is 4.79 Å². The molecule has 0 aliphatic carbocycles. The summed E-state index contributed by atoms with van der Waals surface area (Å²) in [6.07, 6.45) is 0. The molecule has 3 heterocycles. The third-order valence-electron chi connectivity index (χ3n) is 3.14. The fourth-order valence-corrected chi connectivity index (χ4v) is 2.09. The maximum Gasteiger partial charge on any atom is 0.259 e. The van der Waals surface area contributed by atoms with Crippen molar-refractivity contribution in [2.75, 3.05) is 5.73 Å². The molecule has 0 fully saturated rings. The Morgan fingerprint density at radius 1 is 1.18 bits per heavy atom. The summed E-state index contributed by atoms with van der Waals surface area (Å²) in [5.74, 6) is 2.09. The second kappa shape index (κ2) is 5.44. The number of rotatable bonds is 4. The number of carbonyl (C=O) groups excluding carboxylic acids is 1. The van der Waals surface area contributed by atoms with E-state index in [0.29, 0.717) is 17.3 Å². The maximum atomic E-state index is 12.3. The van der Waals surface area contributed by atoms with Crippen molar-refractivity contribution < 1.29 is 18.2 Å². The number of amides is 1. The van der Waals surface area contributed by atoms with Crippen LogP contribution in [0.3, 0.4) is 0 Å². The molecule has 7 nitrogen and oxygen atoms in total. The fourth-order valence-electron chi connectivity index (χ4n) is 2.09. The summed E-state index contributed by atoms with van der Waals surface area (Å²) in [6, 6.07) is 7.10. The van der Waals surface area contributed by atoms with Gasteiger partial charge in [0.15, 0.2) is 11.5 Å². The highest BCUT2D eigenvalue weighted by molar-refractivity contribution is 6.03. The number of nitrogens with two attached hydrogens (primary N) is 1. The van der Waals surface area contributed by atoms with E-state index in [1.807, 2.05) is 13.0 Å². The standard InChI is InChI=1S/C15H15N3O4/c1-8-3-5-10(20-8)7-17-15(19)12-13(18-22-14(12)16)11-6-4-9(2)21-11/h3-6H,7,16H2,1-2H3,(H,17,19). The monoisotopic (exact) mass is 301 g/mol. The zero-order valence-electron chi connectivity index (χ0n) is 12.2. The quantitative estimate of drug-likeness (QED) is 0.767. The largest absolute Gasteiger partial charge is 0.465 e. The third-order valence-corrected chi connectivity index (χ3v) is 3.14. The summed E-state index contributed by atoms with van der Waals surface area (Å²) in [7, 11) is 0. The summed E-state index contributed by atoms with van der Waals surface area (Å²) in [5.41, 5.74) is 6.13. The number of hydrogen-bond acceptors (Lipinski definition) is 6. The molecule has 0 bridgehead atoms. The topological polar surface area (TPSA) is 107 Å². The van der Waals surface area contributed by atoms with Gasteiger partial charge in [-0.25, -0.2) is 0 Å². The molecule has 3 aromatic rings. The van der Waals surface area contributed by atoms with E-state index >= 15 is 0 Å². The number of furan rings is 2. The lowest BCUT2D eigenvalue weighted by atomic mass is 10.2. The van der Waals surface area contributed by atoms with Crippen molar-refractivity contribution in [1.82, 2.24) is 10.5 Å². The average molecular weight is 301 g/mol. The van der Waals surface area contributed by atoms with Crippen LogP contribution < -0.4 is 11.1 Å². The Balaban J connectivity index is 1.81. The second-order valence-corrected chi connectivity index (χ2v) is 4.88. The number of anilines is 1. The molecule has 0 aliphatic rings. The number of aryl methyl sites for hydroxylation is 2. The molecule has 0 aromatic carbocycles. The molecule has 0 atom stereocenters. The summed E-state index contributed by atoms with van der Waals surface area (Å²) in [5, 5.41) is 6.52. The lowest BCUT2D eigenvalue weighted by molar-refractivity contribution is 0.0949. The van der Waals surface area contributed by atoms with Gasteiger partial charge in [0, 0.05) is 0 Å². The van der Waals surface area contributed by atoms with Gasteiger partial charge in [0.2, 0.25) is 5.88 Å². The van der Waals surface area contributed by atoms with E-state index in [1.165, 1.54) is 0 Å². The van der Waals surface area contributed by atoms with Gasteiger partial charge >= 0.3 is 0 Å². The van der Waals surface area contributed by atoms with E-state index in [0.717, 1.165) is 5.76 Å². The van der Waals surface area contributed by atoms with E-state index in [1.54, 1.807) is 25.1 Å². The van der Waals surface area contributed by atoms with Crippen LogP contribution in [0.1, 0.15) is 27.6 Å². The second-order valence-electron chi connectivity index (χ2n) is 4.88. The molecule has 0 saturated carbocycles. The molecule has 3 N–H and O–H groups in total. The van der Waals surface area contributed by atoms with E-state index in [-0.39, 0.29) is 23.7 Å². The molecule has 1 amide bonds. The van der Waals surface area contributed by atoms with Gasteiger partial charge in [-0.15, -0.1) is 0 Å². The predicted octanol–water partition coefficient (Wildman–Crippen LogP) is 2.66. The highest BCUT2D eigenvalue weighted by Gasteiger charge is 2.24. The number of aromatic nitrogens is 1. The van der Waals surface area contributed by atoms with Crippen LogP contribution in [0.25, 0.3) is 11.5 Å². The molecule has 0 unspecified atom stereocenters. The van der Waals surface area contributed by atoms with Crippen molar-refractivity contribution >= 4 is 11.8 Å². The van der Waals surface area contributed by atoms with Crippen molar-refractivity contribution in [3.8, 4) is 11.5 Å². The lowest BCUT2D eigenvalue weighted by Crippen LogP contribution is -2.23. The minimum absolute atomic E-state index is 0.0582. The van der Waals surface area contributed by atoms with Crippen LogP contribution >= 0.6 is 0 Å². The van der Waals surface area contributed by atoms with Crippen LogP contribution in [-0.4, -0.2) is 11.1 Å². The first-order valence-corrected chi connectivity index (χ1v) is 6.70. The van der Waals surface area contributed by atoms with Crippen molar-refractivity contribution in [3.63, 3.8) is 0 Å². The summed E-state index contributed by atoms with van der Waals surface area (Å²) < 4.78 is 15.8. The summed E-state index contributed by atoms with van der Waals surface area (Å²) >= 11 is 0. The highest BCUT2D eigenvalue weighted by Crippen LogP contribution is 2.28. The summed E-state index contributed by atoms with van der Waals surface area (Å²) in [4.78, 5) is 12.3. The van der Waals surface area contributed by atoms with Crippen molar-refractivity contribution in [1.29, 1.82) is 0 Å². The Labute approximate surface area is 126 Å². The molecule has 3 aromatic heterocycles. The first-order valence-electron chi connectivity index (χ1n) is 6.70. The molecule has 0 spiro atoms. The Morgan fingerprint density at radius 2 is 1.91 bits per heavy atom. The van der Waals surface area contributed by atoms with Crippen LogP contribution in [0.15, 0.2) is 37.6 Å². The fraction of sp³-hybridized carbons (Fsp3) is 0.200.